The molecule has 1 rings (SSSR count). The third kappa shape index (κ3) is 5.28. The number of hydrogen-bond donors (Lipinski definition) is 2. The molecular formula is C15H29N3O3. The van der Waals surface area contributed by atoms with Crippen molar-refractivity contribution in [2.75, 3.05) is 26.7 Å². The fourth-order valence-corrected chi connectivity index (χ4v) is 2.65. The normalized spacial score (nSPS) is 23.4. The molecule has 0 radical (unpaired) electrons. The van der Waals surface area contributed by atoms with Crippen molar-refractivity contribution >= 4 is 11.9 Å². The average molecular weight is 299 g/mol. The van der Waals surface area contributed by atoms with Crippen LogP contribution in [-0.4, -0.2) is 55.6 Å². The SMILES string of the molecule is CCC(C)C(NC(=O)CN1CCC(C(C)N)C1)C(=O)OC. The van der Waals surface area contributed by atoms with Crippen molar-refractivity contribution in [1.29, 1.82) is 0 Å². The summed E-state index contributed by atoms with van der Waals surface area (Å²) in [6, 6.07) is -0.416. The van der Waals surface area contributed by atoms with Crippen molar-refractivity contribution in [3.8, 4) is 0 Å². The van der Waals surface area contributed by atoms with Crippen LogP contribution in [0.5, 0.6) is 0 Å². The number of methoxy groups -OCH3 is 1. The highest BCUT2D eigenvalue weighted by Crippen LogP contribution is 2.18. The van der Waals surface area contributed by atoms with Crippen molar-refractivity contribution in [1.82, 2.24) is 10.2 Å². The van der Waals surface area contributed by atoms with Gasteiger partial charge in [0, 0.05) is 12.6 Å². The van der Waals surface area contributed by atoms with Gasteiger partial charge in [-0.1, -0.05) is 20.3 Å². The van der Waals surface area contributed by atoms with Crippen molar-refractivity contribution < 1.29 is 14.3 Å². The molecule has 0 aliphatic carbocycles. The minimum Gasteiger partial charge on any atom is -0.467 e. The zero-order chi connectivity index (χ0) is 16.0. The van der Waals surface area contributed by atoms with Gasteiger partial charge < -0.3 is 15.8 Å². The van der Waals surface area contributed by atoms with Crippen molar-refractivity contribution in [2.45, 2.75) is 45.7 Å². The molecule has 0 spiro atoms. The second-order valence-electron chi connectivity index (χ2n) is 6.10. The van der Waals surface area contributed by atoms with E-state index in [0.29, 0.717) is 12.5 Å². The lowest BCUT2D eigenvalue weighted by Crippen LogP contribution is -2.48. The van der Waals surface area contributed by atoms with Crippen LogP contribution in [0.25, 0.3) is 0 Å². The van der Waals surface area contributed by atoms with E-state index in [4.69, 9.17) is 10.5 Å². The van der Waals surface area contributed by atoms with Crippen LogP contribution in [-0.2, 0) is 14.3 Å². The van der Waals surface area contributed by atoms with Gasteiger partial charge in [-0.3, -0.25) is 9.69 Å². The molecule has 1 heterocycles. The zero-order valence-corrected chi connectivity index (χ0v) is 13.6. The van der Waals surface area contributed by atoms with Crippen LogP contribution in [0.1, 0.15) is 33.6 Å². The van der Waals surface area contributed by atoms with Crippen molar-refractivity contribution in [3.05, 3.63) is 0 Å². The first-order valence-electron chi connectivity index (χ1n) is 7.74. The van der Waals surface area contributed by atoms with E-state index in [-0.39, 0.29) is 23.8 Å². The molecular weight excluding hydrogens is 270 g/mol. The molecule has 1 saturated heterocycles. The Balaban J connectivity index is 2.49. The molecule has 6 nitrogen and oxygen atoms in total. The molecule has 4 atom stereocenters. The second-order valence-corrected chi connectivity index (χ2v) is 6.10. The fourth-order valence-electron chi connectivity index (χ4n) is 2.65. The first-order chi connectivity index (χ1) is 9.88. The van der Waals surface area contributed by atoms with Crippen molar-refractivity contribution in [2.24, 2.45) is 17.6 Å². The molecule has 0 saturated carbocycles. The molecule has 4 unspecified atom stereocenters. The van der Waals surface area contributed by atoms with E-state index in [1.807, 2.05) is 20.8 Å². The summed E-state index contributed by atoms with van der Waals surface area (Å²) in [7, 11) is 1.34. The summed E-state index contributed by atoms with van der Waals surface area (Å²) in [6.07, 6.45) is 1.83. The summed E-state index contributed by atoms with van der Waals surface area (Å²) in [4.78, 5) is 26.0. The predicted molar refractivity (Wildman–Crippen MR) is 81.6 cm³/mol. The van der Waals surface area contributed by atoms with E-state index >= 15 is 0 Å². The largest absolute Gasteiger partial charge is 0.467 e. The van der Waals surface area contributed by atoms with E-state index in [2.05, 4.69) is 10.2 Å². The fraction of sp³-hybridized carbons (Fsp3) is 0.867. The lowest BCUT2D eigenvalue weighted by atomic mass is 9.99. The standard InChI is InChI=1S/C15H29N3O3/c1-5-10(2)14(15(20)21-4)17-13(19)9-18-7-6-12(8-18)11(3)16/h10-12,14H,5-9,16H2,1-4H3,(H,17,19). The van der Waals surface area contributed by atoms with Gasteiger partial charge in [0.15, 0.2) is 0 Å². The smallest absolute Gasteiger partial charge is 0.328 e. The van der Waals surface area contributed by atoms with Crippen LogP contribution in [0, 0.1) is 11.8 Å². The Morgan fingerprint density at radius 3 is 2.57 bits per heavy atom. The molecule has 1 fully saturated rings. The highest BCUT2D eigenvalue weighted by molar-refractivity contribution is 5.85. The molecule has 122 valence electrons. The number of hydrogen-bond acceptors (Lipinski definition) is 5. The first kappa shape index (κ1) is 17.9. The number of nitrogens with zero attached hydrogens (tertiary/aromatic N) is 1. The average Bonchev–Trinajstić information content (AvgIpc) is 2.91. The number of ether oxygens (including phenoxy) is 1. The summed E-state index contributed by atoms with van der Waals surface area (Å²) >= 11 is 0. The maximum absolute atomic E-state index is 12.1. The zero-order valence-electron chi connectivity index (χ0n) is 13.6. The van der Waals surface area contributed by atoms with Crippen LogP contribution in [0.2, 0.25) is 0 Å². The highest BCUT2D eigenvalue weighted by Gasteiger charge is 2.29. The molecule has 1 aliphatic rings. The lowest BCUT2D eigenvalue weighted by Gasteiger charge is -2.23. The Bertz CT molecular complexity index is 360. The van der Waals surface area contributed by atoms with Crippen LogP contribution in [0.3, 0.4) is 0 Å². The number of carbonyl (C=O) groups is 2. The Morgan fingerprint density at radius 1 is 1.43 bits per heavy atom. The van der Waals surface area contributed by atoms with Gasteiger partial charge in [0.1, 0.15) is 6.04 Å². The third-order valence-corrected chi connectivity index (χ3v) is 4.40. The molecule has 0 bridgehead atoms. The summed E-state index contributed by atoms with van der Waals surface area (Å²) < 4.78 is 4.77. The Morgan fingerprint density at radius 2 is 2.10 bits per heavy atom. The van der Waals surface area contributed by atoms with Gasteiger partial charge in [-0.05, 0) is 31.7 Å². The second kappa shape index (κ2) is 8.34. The van der Waals surface area contributed by atoms with E-state index in [9.17, 15) is 9.59 Å². The number of rotatable bonds is 7. The monoisotopic (exact) mass is 299 g/mol. The van der Waals surface area contributed by atoms with Gasteiger partial charge >= 0.3 is 5.97 Å². The highest BCUT2D eigenvalue weighted by atomic mass is 16.5. The van der Waals surface area contributed by atoms with Gasteiger partial charge in [-0.25, -0.2) is 4.79 Å². The topological polar surface area (TPSA) is 84.7 Å². The lowest BCUT2D eigenvalue weighted by molar-refractivity contribution is -0.146. The molecule has 0 aromatic carbocycles. The number of esters is 1. The van der Waals surface area contributed by atoms with Crippen LogP contribution in [0.15, 0.2) is 0 Å². The molecule has 3 N–H and O–H groups in total. The minimum absolute atomic E-state index is 0.0526. The first-order valence-corrected chi connectivity index (χ1v) is 7.74. The molecule has 6 heteroatoms. The minimum atomic E-state index is -0.570. The number of amides is 1. The van der Waals surface area contributed by atoms with Gasteiger partial charge in [0.2, 0.25) is 5.91 Å². The Hall–Kier alpha value is -1.14. The molecule has 21 heavy (non-hydrogen) atoms. The maximum Gasteiger partial charge on any atom is 0.328 e. The third-order valence-electron chi connectivity index (χ3n) is 4.40. The van der Waals surface area contributed by atoms with Crippen LogP contribution in [0.4, 0.5) is 0 Å². The molecule has 1 amide bonds. The van der Waals surface area contributed by atoms with Crippen LogP contribution >= 0.6 is 0 Å². The molecule has 1 aliphatic heterocycles. The van der Waals surface area contributed by atoms with E-state index in [1.165, 1.54) is 7.11 Å². The number of nitrogens with one attached hydrogen (secondary N) is 1. The quantitative estimate of drug-likeness (QED) is 0.663. The summed E-state index contributed by atoms with van der Waals surface area (Å²) in [5, 5.41) is 2.80. The van der Waals surface area contributed by atoms with Gasteiger partial charge in [-0.2, -0.15) is 0 Å². The molecule has 0 aromatic rings. The molecule has 0 aromatic heterocycles. The Labute approximate surface area is 127 Å². The van der Waals surface area contributed by atoms with E-state index in [0.717, 1.165) is 25.9 Å². The summed E-state index contributed by atoms with van der Waals surface area (Å²) in [5.74, 6) is -0.0100. The predicted octanol–water partition coefficient (Wildman–Crippen LogP) is 0.359. The summed E-state index contributed by atoms with van der Waals surface area (Å²) in [6.45, 7) is 7.96. The number of carbonyl (C=O) groups excluding carboxylic acids is 2. The summed E-state index contributed by atoms with van der Waals surface area (Å²) in [5.41, 5.74) is 5.90. The van der Waals surface area contributed by atoms with Crippen molar-refractivity contribution in [3.63, 3.8) is 0 Å². The number of likely N-dealkylation sites (tertiary alicyclic amines) is 1. The van der Waals surface area contributed by atoms with Gasteiger partial charge in [0.05, 0.1) is 13.7 Å². The van der Waals surface area contributed by atoms with E-state index < -0.39 is 6.04 Å². The van der Waals surface area contributed by atoms with Gasteiger partial charge in [-0.15, -0.1) is 0 Å². The number of nitrogens with two attached hydrogens (primary N) is 1. The Kier molecular flexibility index (Phi) is 7.11. The van der Waals surface area contributed by atoms with Crippen LogP contribution < -0.4 is 11.1 Å². The maximum atomic E-state index is 12.1. The van der Waals surface area contributed by atoms with E-state index in [1.54, 1.807) is 0 Å². The van der Waals surface area contributed by atoms with Gasteiger partial charge in [0.25, 0.3) is 0 Å².